The summed E-state index contributed by atoms with van der Waals surface area (Å²) in [4.78, 5) is 44.3. The van der Waals surface area contributed by atoms with E-state index < -0.39 is 51.1 Å². The lowest BCUT2D eigenvalue weighted by atomic mass is 10.1. The highest BCUT2D eigenvalue weighted by atomic mass is 31.2. The van der Waals surface area contributed by atoms with Gasteiger partial charge in [-0.15, -0.1) is 0 Å². The van der Waals surface area contributed by atoms with Gasteiger partial charge in [0.2, 0.25) is 0 Å². The fraction of sp³-hybridized carbons (Fsp3) is 0.875. The first kappa shape index (κ1) is 34.5. The van der Waals surface area contributed by atoms with Gasteiger partial charge in [0.1, 0.15) is 12.6 Å². The van der Waals surface area contributed by atoms with Gasteiger partial charge in [-0.25, -0.2) is 4.57 Å². The van der Waals surface area contributed by atoms with Crippen LogP contribution in [0.2, 0.25) is 0 Å². The molecule has 4 N–H and O–H groups in total. The first-order chi connectivity index (χ1) is 17.1. The SMILES string of the molecule is CCCCCCCCCCCCCC(=O)OC[C@H](COP(=O)(O)OC[C@H](N)C(=O)O)OC(=O)CCC. The Morgan fingerprint density at radius 1 is 0.750 bits per heavy atom. The zero-order chi connectivity index (χ0) is 27.2. The Kier molecular flexibility index (Phi) is 20.6. The minimum atomic E-state index is -4.66. The van der Waals surface area contributed by atoms with E-state index in [2.05, 4.69) is 11.4 Å². The van der Waals surface area contributed by atoms with Gasteiger partial charge in [-0.3, -0.25) is 23.4 Å². The maximum absolute atomic E-state index is 12.1. The molecule has 0 aliphatic heterocycles. The largest absolute Gasteiger partial charge is 0.480 e. The maximum atomic E-state index is 12.1. The van der Waals surface area contributed by atoms with E-state index in [1.807, 2.05) is 0 Å². The second-order valence-electron chi connectivity index (χ2n) is 8.84. The summed E-state index contributed by atoms with van der Waals surface area (Å²) in [7, 11) is -4.66. The Morgan fingerprint density at radius 2 is 1.28 bits per heavy atom. The first-order valence-corrected chi connectivity index (χ1v) is 14.6. The van der Waals surface area contributed by atoms with Crippen LogP contribution in [0.25, 0.3) is 0 Å². The molecular weight excluding hydrogens is 493 g/mol. The molecule has 11 nitrogen and oxygen atoms in total. The average Bonchev–Trinajstić information content (AvgIpc) is 2.82. The molecule has 0 aliphatic rings. The number of esters is 2. The molecule has 212 valence electrons. The number of carboxylic acids is 1. The third-order valence-electron chi connectivity index (χ3n) is 5.32. The van der Waals surface area contributed by atoms with Crippen LogP contribution in [-0.2, 0) is 37.5 Å². The van der Waals surface area contributed by atoms with E-state index in [0.717, 1.165) is 19.3 Å². The van der Waals surface area contributed by atoms with Crippen molar-refractivity contribution in [3.8, 4) is 0 Å². The summed E-state index contributed by atoms with van der Waals surface area (Å²) >= 11 is 0. The third-order valence-corrected chi connectivity index (χ3v) is 6.28. The maximum Gasteiger partial charge on any atom is 0.472 e. The molecule has 0 fully saturated rings. The number of phosphoric acid groups is 1. The number of aliphatic carboxylic acids is 1. The highest BCUT2D eigenvalue weighted by Gasteiger charge is 2.28. The molecule has 0 aromatic rings. The van der Waals surface area contributed by atoms with Gasteiger partial charge < -0.3 is 25.2 Å². The smallest absolute Gasteiger partial charge is 0.472 e. The summed E-state index contributed by atoms with van der Waals surface area (Å²) in [5.41, 5.74) is 5.22. The zero-order valence-corrected chi connectivity index (χ0v) is 22.8. The van der Waals surface area contributed by atoms with Crippen molar-refractivity contribution in [1.29, 1.82) is 0 Å². The molecule has 12 heteroatoms. The van der Waals surface area contributed by atoms with Crippen molar-refractivity contribution in [2.75, 3.05) is 19.8 Å². The molecule has 0 saturated heterocycles. The molecule has 0 rings (SSSR count). The number of rotatable bonds is 24. The topological polar surface area (TPSA) is 172 Å². The van der Waals surface area contributed by atoms with Gasteiger partial charge in [0.15, 0.2) is 6.10 Å². The summed E-state index contributed by atoms with van der Waals surface area (Å²) in [5.74, 6) is -2.45. The van der Waals surface area contributed by atoms with Crippen LogP contribution in [0.4, 0.5) is 0 Å². The zero-order valence-electron chi connectivity index (χ0n) is 21.9. The van der Waals surface area contributed by atoms with Gasteiger partial charge in [0, 0.05) is 12.8 Å². The number of phosphoric ester groups is 1. The minimum absolute atomic E-state index is 0.115. The molecule has 1 unspecified atom stereocenters. The molecule has 0 aromatic carbocycles. The number of ether oxygens (including phenoxy) is 2. The second kappa shape index (κ2) is 21.6. The van der Waals surface area contributed by atoms with Crippen LogP contribution in [0.5, 0.6) is 0 Å². The van der Waals surface area contributed by atoms with E-state index in [0.29, 0.717) is 12.8 Å². The molecule has 0 saturated carbocycles. The van der Waals surface area contributed by atoms with Crippen LogP contribution < -0.4 is 5.73 Å². The second-order valence-corrected chi connectivity index (χ2v) is 10.3. The molecule has 0 bridgehead atoms. The van der Waals surface area contributed by atoms with E-state index in [1.54, 1.807) is 6.92 Å². The molecule has 0 radical (unpaired) electrons. The van der Waals surface area contributed by atoms with E-state index in [4.69, 9.17) is 24.8 Å². The van der Waals surface area contributed by atoms with Gasteiger partial charge in [-0.2, -0.15) is 0 Å². The predicted octanol–water partition coefficient (Wildman–Crippen LogP) is 4.49. The van der Waals surface area contributed by atoms with Crippen LogP contribution in [-0.4, -0.2) is 59.9 Å². The molecular formula is C24H46NO10P. The quantitative estimate of drug-likeness (QED) is 0.0896. The van der Waals surface area contributed by atoms with Gasteiger partial charge in [-0.05, 0) is 12.8 Å². The molecule has 0 amide bonds. The summed E-state index contributed by atoms with van der Waals surface area (Å²) < 4.78 is 31.6. The normalized spacial score (nSPS) is 14.6. The summed E-state index contributed by atoms with van der Waals surface area (Å²) in [5, 5.41) is 8.70. The highest BCUT2D eigenvalue weighted by molar-refractivity contribution is 7.47. The number of nitrogens with two attached hydrogens (primary N) is 1. The van der Waals surface area contributed by atoms with Crippen LogP contribution in [0.15, 0.2) is 0 Å². The van der Waals surface area contributed by atoms with Crippen molar-refractivity contribution in [1.82, 2.24) is 0 Å². The van der Waals surface area contributed by atoms with Crippen molar-refractivity contribution in [3.05, 3.63) is 0 Å². The fourth-order valence-corrected chi connectivity index (χ4v) is 4.00. The lowest BCUT2D eigenvalue weighted by Crippen LogP contribution is -2.34. The fourth-order valence-electron chi connectivity index (χ4n) is 3.22. The molecule has 0 aliphatic carbocycles. The van der Waals surface area contributed by atoms with Crippen molar-refractivity contribution >= 4 is 25.7 Å². The lowest BCUT2D eigenvalue weighted by Gasteiger charge is -2.20. The number of carbonyl (C=O) groups excluding carboxylic acids is 2. The monoisotopic (exact) mass is 539 g/mol. The predicted molar refractivity (Wildman–Crippen MR) is 134 cm³/mol. The van der Waals surface area contributed by atoms with Gasteiger partial charge >= 0.3 is 25.7 Å². The summed E-state index contributed by atoms with van der Waals surface area (Å²) in [6.45, 7) is 2.30. The number of hydrogen-bond donors (Lipinski definition) is 3. The lowest BCUT2D eigenvalue weighted by molar-refractivity contribution is -0.161. The van der Waals surface area contributed by atoms with E-state index in [-0.39, 0.29) is 19.4 Å². The van der Waals surface area contributed by atoms with Crippen molar-refractivity contribution in [2.24, 2.45) is 5.73 Å². The molecule has 36 heavy (non-hydrogen) atoms. The van der Waals surface area contributed by atoms with Crippen LogP contribution in [0.3, 0.4) is 0 Å². The number of hydrogen-bond acceptors (Lipinski definition) is 9. The van der Waals surface area contributed by atoms with Gasteiger partial charge in [0.25, 0.3) is 0 Å². The van der Waals surface area contributed by atoms with Crippen LogP contribution in [0, 0.1) is 0 Å². The Hall–Kier alpha value is -1.52. The van der Waals surface area contributed by atoms with Crippen LogP contribution >= 0.6 is 7.82 Å². The standard InChI is InChI=1S/C24H46NO10P/c1-3-5-6-7-8-9-10-11-12-13-14-16-22(26)32-17-20(35-23(27)15-4-2)18-33-36(30,31)34-19-21(25)24(28)29/h20-21H,3-19,25H2,1-2H3,(H,28,29)(H,30,31)/t20-,21+/m1/s1. The number of carbonyl (C=O) groups is 3. The Balaban J connectivity index is 4.26. The highest BCUT2D eigenvalue weighted by Crippen LogP contribution is 2.43. The van der Waals surface area contributed by atoms with Gasteiger partial charge in [0.05, 0.1) is 13.2 Å². The molecule has 0 aromatic heterocycles. The van der Waals surface area contributed by atoms with Gasteiger partial charge in [-0.1, -0.05) is 78.1 Å². The summed E-state index contributed by atoms with van der Waals surface area (Å²) in [6.07, 6.45) is 12.5. The molecule has 0 heterocycles. The van der Waals surface area contributed by atoms with Crippen molar-refractivity contribution < 1.29 is 47.5 Å². The third kappa shape index (κ3) is 20.7. The molecule has 0 spiro atoms. The Morgan fingerprint density at radius 3 is 1.81 bits per heavy atom. The first-order valence-electron chi connectivity index (χ1n) is 13.1. The average molecular weight is 540 g/mol. The Bertz CT molecular complexity index is 661. The molecule has 3 atom stereocenters. The summed E-state index contributed by atoms with van der Waals surface area (Å²) in [6, 6.07) is -1.51. The minimum Gasteiger partial charge on any atom is -0.480 e. The Labute approximate surface area is 215 Å². The van der Waals surface area contributed by atoms with E-state index in [9.17, 15) is 23.8 Å². The van der Waals surface area contributed by atoms with Crippen molar-refractivity contribution in [2.45, 2.75) is 116 Å². The van der Waals surface area contributed by atoms with E-state index in [1.165, 1.54) is 44.9 Å². The van der Waals surface area contributed by atoms with Crippen molar-refractivity contribution in [3.63, 3.8) is 0 Å². The number of unbranched alkanes of at least 4 members (excludes halogenated alkanes) is 10. The van der Waals surface area contributed by atoms with E-state index >= 15 is 0 Å². The number of carboxylic acid groups (broad SMARTS) is 1. The van der Waals surface area contributed by atoms with Crippen LogP contribution in [0.1, 0.15) is 104 Å².